The lowest BCUT2D eigenvalue weighted by Gasteiger charge is -2.27. The quantitative estimate of drug-likeness (QED) is 0.162. The van der Waals surface area contributed by atoms with E-state index in [0.29, 0.717) is 0 Å². The van der Waals surface area contributed by atoms with Gasteiger partial charge in [-0.25, -0.2) is 0 Å². The van der Waals surface area contributed by atoms with E-state index in [-0.39, 0.29) is 0 Å². The van der Waals surface area contributed by atoms with Crippen LogP contribution in [-0.2, 0) is 0 Å². The van der Waals surface area contributed by atoms with Gasteiger partial charge in [-0.2, -0.15) is 0 Å². The number of benzene rings is 9. The maximum Gasteiger partial charge on any atom is 0.0562 e. The zero-order valence-corrected chi connectivity index (χ0v) is 29.7. The molecule has 2 heteroatoms. The van der Waals surface area contributed by atoms with Gasteiger partial charge in [0.15, 0.2) is 0 Å². The number of aromatic nitrogens is 1. The second-order valence-electron chi connectivity index (χ2n) is 13.8. The van der Waals surface area contributed by atoms with Crippen molar-refractivity contribution in [2.45, 2.75) is 0 Å². The maximum atomic E-state index is 2.43. The number of anilines is 3. The van der Waals surface area contributed by atoms with Crippen molar-refractivity contribution in [1.82, 2.24) is 4.57 Å². The Bertz CT molecular complexity index is 2820. The van der Waals surface area contributed by atoms with Crippen LogP contribution in [0.2, 0.25) is 0 Å². The van der Waals surface area contributed by atoms with Crippen LogP contribution >= 0.6 is 0 Å². The molecule has 0 unspecified atom stereocenters. The average molecular weight is 689 g/mol. The van der Waals surface area contributed by atoms with Crippen LogP contribution in [0.15, 0.2) is 218 Å². The Morgan fingerprint density at radius 1 is 0.333 bits per heavy atom. The highest BCUT2D eigenvalue weighted by atomic mass is 15.1. The van der Waals surface area contributed by atoms with E-state index in [1.807, 2.05) is 0 Å². The van der Waals surface area contributed by atoms with E-state index < -0.39 is 0 Å². The molecule has 0 aliphatic rings. The van der Waals surface area contributed by atoms with E-state index in [4.69, 9.17) is 0 Å². The predicted molar refractivity (Wildman–Crippen MR) is 229 cm³/mol. The average Bonchev–Trinajstić information content (AvgIpc) is 3.60. The minimum Gasteiger partial charge on any atom is -0.310 e. The van der Waals surface area contributed by atoms with E-state index in [1.54, 1.807) is 0 Å². The zero-order valence-electron chi connectivity index (χ0n) is 29.7. The molecule has 0 spiro atoms. The lowest BCUT2D eigenvalue weighted by atomic mass is 9.98. The molecular weight excluding hydrogens is 653 g/mol. The molecule has 10 rings (SSSR count). The third-order valence-electron chi connectivity index (χ3n) is 10.6. The van der Waals surface area contributed by atoms with Gasteiger partial charge in [-0.1, -0.05) is 164 Å². The van der Waals surface area contributed by atoms with E-state index in [2.05, 4.69) is 228 Å². The van der Waals surface area contributed by atoms with E-state index in [9.17, 15) is 0 Å². The van der Waals surface area contributed by atoms with Gasteiger partial charge in [-0.05, 0) is 98.8 Å². The highest BCUT2D eigenvalue weighted by Gasteiger charge is 2.21. The van der Waals surface area contributed by atoms with Gasteiger partial charge in [0.1, 0.15) is 0 Å². The summed E-state index contributed by atoms with van der Waals surface area (Å²) in [6, 6.07) is 78.9. The fourth-order valence-electron chi connectivity index (χ4n) is 8.05. The van der Waals surface area contributed by atoms with Crippen LogP contribution in [0.5, 0.6) is 0 Å². The van der Waals surface area contributed by atoms with Gasteiger partial charge in [-0.15, -0.1) is 0 Å². The van der Waals surface area contributed by atoms with Gasteiger partial charge >= 0.3 is 0 Å². The van der Waals surface area contributed by atoms with Gasteiger partial charge in [0.25, 0.3) is 0 Å². The molecular formula is C52H36N2. The largest absolute Gasteiger partial charge is 0.310 e. The van der Waals surface area contributed by atoms with Crippen LogP contribution in [-0.4, -0.2) is 4.57 Å². The Labute approximate surface area is 315 Å². The summed E-state index contributed by atoms with van der Waals surface area (Å²) in [6.07, 6.45) is 0. The SMILES string of the molecule is c1ccc(-c2ccc(N(c3ccc(-c4ccccc4)cc3)c3cccc4c3c3ccccc3n4-c3cccc(-c4cccc5ccccc45)c3)cc2)cc1. The van der Waals surface area contributed by atoms with Gasteiger partial charge < -0.3 is 9.47 Å². The molecule has 54 heavy (non-hydrogen) atoms. The fourth-order valence-corrected chi connectivity index (χ4v) is 8.05. The summed E-state index contributed by atoms with van der Waals surface area (Å²) in [5.41, 5.74) is 14.0. The second kappa shape index (κ2) is 13.4. The maximum absolute atomic E-state index is 2.43. The third-order valence-corrected chi connectivity index (χ3v) is 10.6. The van der Waals surface area contributed by atoms with Gasteiger partial charge in [-0.3, -0.25) is 0 Å². The molecule has 0 N–H and O–H groups in total. The van der Waals surface area contributed by atoms with Gasteiger partial charge in [0.05, 0.1) is 16.7 Å². The van der Waals surface area contributed by atoms with Crippen LogP contribution in [0.4, 0.5) is 17.1 Å². The highest BCUT2D eigenvalue weighted by Crippen LogP contribution is 2.44. The van der Waals surface area contributed by atoms with Crippen LogP contribution in [0.1, 0.15) is 0 Å². The van der Waals surface area contributed by atoms with E-state index >= 15 is 0 Å². The molecule has 0 amide bonds. The van der Waals surface area contributed by atoms with Crippen LogP contribution in [0.3, 0.4) is 0 Å². The number of hydrogen-bond donors (Lipinski definition) is 0. The molecule has 0 aliphatic carbocycles. The smallest absolute Gasteiger partial charge is 0.0562 e. The summed E-state index contributed by atoms with van der Waals surface area (Å²) in [7, 11) is 0. The van der Waals surface area contributed by atoms with E-state index in [0.717, 1.165) is 28.3 Å². The topological polar surface area (TPSA) is 8.17 Å². The number of fused-ring (bicyclic) bond motifs is 4. The number of hydrogen-bond acceptors (Lipinski definition) is 1. The van der Waals surface area contributed by atoms with Crippen molar-refractivity contribution in [3.8, 4) is 39.1 Å². The molecule has 0 fully saturated rings. The van der Waals surface area contributed by atoms with E-state index in [1.165, 1.54) is 60.4 Å². The fraction of sp³-hybridized carbons (Fsp3) is 0. The minimum atomic E-state index is 1.10. The molecule has 9 aromatic carbocycles. The Hall–Kier alpha value is -7.16. The molecule has 2 nitrogen and oxygen atoms in total. The molecule has 1 aromatic heterocycles. The molecule has 10 aromatic rings. The zero-order chi connectivity index (χ0) is 35.8. The summed E-state index contributed by atoms with van der Waals surface area (Å²) in [6.45, 7) is 0. The second-order valence-corrected chi connectivity index (χ2v) is 13.8. The summed E-state index contributed by atoms with van der Waals surface area (Å²) in [5.74, 6) is 0. The standard InChI is InChI=1S/C52H36N2/c1-3-14-37(15-4-1)39-28-32-43(33-29-39)53(44-34-30-40(31-35-44)38-16-5-2-6-17-38)50-26-13-27-51-52(50)48-23-9-10-25-49(48)54(51)45-21-11-20-42(36-45)47-24-12-19-41-18-7-8-22-46(41)47/h1-36H. The lowest BCUT2D eigenvalue weighted by molar-refractivity contribution is 1.18. The molecule has 0 bridgehead atoms. The molecule has 0 aliphatic heterocycles. The molecule has 1 heterocycles. The van der Waals surface area contributed by atoms with Crippen molar-refractivity contribution in [1.29, 1.82) is 0 Å². The number of rotatable bonds is 7. The van der Waals surface area contributed by atoms with Crippen molar-refractivity contribution >= 4 is 49.6 Å². The first kappa shape index (κ1) is 31.6. The summed E-state index contributed by atoms with van der Waals surface area (Å²) in [4.78, 5) is 2.41. The normalized spacial score (nSPS) is 11.3. The molecule has 0 radical (unpaired) electrons. The van der Waals surface area contributed by atoms with Crippen LogP contribution < -0.4 is 4.90 Å². The predicted octanol–water partition coefficient (Wildman–Crippen LogP) is 14.4. The molecule has 0 saturated carbocycles. The van der Waals surface area contributed by atoms with Crippen molar-refractivity contribution in [2.75, 3.05) is 4.90 Å². The van der Waals surface area contributed by atoms with Gasteiger partial charge in [0, 0.05) is 27.8 Å². The number of para-hydroxylation sites is 1. The summed E-state index contributed by atoms with van der Waals surface area (Å²) in [5, 5.41) is 4.93. The van der Waals surface area contributed by atoms with Gasteiger partial charge in [0.2, 0.25) is 0 Å². The Balaban J connectivity index is 1.17. The molecule has 0 saturated heterocycles. The van der Waals surface area contributed by atoms with Crippen molar-refractivity contribution < 1.29 is 0 Å². The van der Waals surface area contributed by atoms with Crippen LogP contribution in [0.25, 0.3) is 71.6 Å². The van der Waals surface area contributed by atoms with Crippen molar-refractivity contribution in [3.05, 3.63) is 218 Å². The first-order valence-electron chi connectivity index (χ1n) is 18.5. The van der Waals surface area contributed by atoms with Crippen molar-refractivity contribution in [3.63, 3.8) is 0 Å². The monoisotopic (exact) mass is 688 g/mol. The minimum absolute atomic E-state index is 1.10. The Morgan fingerprint density at radius 2 is 0.833 bits per heavy atom. The first-order valence-corrected chi connectivity index (χ1v) is 18.5. The van der Waals surface area contributed by atoms with Crippen LogP contribution in [0, 0.1) is 0 Å². The molecule has 254 valence electrons. The summed E-state index contributed by atoms with van der Waals surface area (Å²) >= 11 is 0. The Kier molecular flexibility index (Phi) is 7.85. The first-order chi connectivity index (χ1) is 26.8. The Morgan fingerprint density at radius 3 is 1.52 bits per heavy atom. The molecule has 0 atom stereocenters. The highest BCUT2D eigenvalue weighted by molar-refractivity contribution is 6.16. The third kappa shape index (κ3) is 5.53. The van der Waals surface area contributed by atoms with Crippen molar-refractivity contribution in [2.24, 2.45) is 0 Å². The lowest BCUT2D eigenvalue weighted by Crippen LogP contribution is -2.10. The summed E-state index contributed by atoms with van der Waals surface area (Å²) < 4.78 is 2.43. The number of nitrogens with zero attached hydrogens (tertiary/aromatic N) is 2.